The number of carbonyl (C=O) groups excluding carboxylic acids is 3. The number of amides is 3. The lowest BCUT2D eigenvalue weighted by atomic mass is 10.2. The lowest BCUT2D eigenvalue weighted by Gasteiger charge is -2.10. The van der Waals surface area contributed by atoms with Gasteiger partial charge in [0, 0.05) is 11.4 Å². The fraction of sp³-hybridized carbons (Fsp3) is 0.118. The fourth-order valence-electron chi connectivity index (χ4n) is 2.01. The molecule has 0 atom stereocenters. The highest BCUT2D eigenvalue weighted by atomic mass is 35.5. The van der Waals surface area contributed by atoms with Gasteiger partial charge in [-0.25, -0.2) is 9.59 Å². The first-order valence-corrected chi connectivity index (χ1v) is 8.00. The van der Waals surface area contributed by atoms with E-state index in [-0.39, 0.29) is 22.0 Å². The lowest BCUT2D eigenvalue weighted by molar-refractivity contribution is -0.119. The Kier molecular flexibility index (Phi) is 7.10. The maximum atomic E-state index is 12.2. The summed E-state index contributed by atoms with van der Waals surface area (Å²) in [5.41, 5.74) is 5.71. The number of rotatable bonds is 7. The largest absolute Gasteiger partial charge is 0.452 e. The van der Waals surface area contributed by atoms with Gasteiger partial charge in [-0.2, -0.15) is 8.78 Å². The normalized spacial score (nSPS) is 10.3. The lowest BCUT2D eigenvalue weighted by Crippen LogP contribution is -2.21. The highest BCUT2D eigenvalue weighted by Crippen LogP contribution is 2.28. The Labute approximate surface area is 162 Å². The molecule has 0 aliphatic carbocycles. The second kappa shape index (κ2) is 9.51. The Bertz CT molecular complexity index is 878. The second-order valence-electron chi connectivity index (χ2n) is 5.21. The molecular formula is C17H14ClF2N3O5. The quantitative estimate of drug-likeness (QED) is 0.602. The molecule has 148 valence electrons. The Morgan fingerprint density at radius 2 is 1.68 bits per heavy atom. The van der Waals surface area contributed by atoms with Gasteiger partial charge < -0.3 is 25.8 Å². The van der Waals surface area contributed by atoms with Gasteiger partial charge in [0.05, 0.1) is 10.6 Å². The molecule has 0 fully saturated rings. The average molecular weight is 414 g/mol. The molecule has 0 aromatic heterocycles. The van der Waals surface area contributed by atoms with Crippen LogP contribution in [0.25, 0.3) is 0 Å². The van der Waals surface area contributed by atoms with E-state index in [1.54, 1.807) is 0 Å². The Balaban J connectivity index is 1.87. The number of alkyl halides is 2. The van der Waals surface area contributed by atoms with Crippen molar-refractivity contribution in [2.24, 2.45) is 5.73 Å². The van der Waals surface area contributed by atoms with E-state index >= 15 is 0 Å². The minimum Gasteiger partial charge on any atom is -0.452 e. The fourth-order valence-corrected chi connectivity index (χ4v) is 2.24. The third kappa shape index (κ3) is 6.40. The predicted molar refractivity (Wildman–Crippen MR) is 96.6 cm³/mol. The third-order valence-electron chi connectivity index (χ3n) is 3.15. The monoisotopic (exact) mass is 413 g/mol. The molecule has 11 heteroatoms. The van der Waals surface area contributed by atoms with Crippen LogP contribution in [0.2, 0.25) is 5.02 Å². The molecule has 0 heterocycles. The van der Waals surface area contributed by atoms with Crippen molar-refractivity contribution in [2.75, 3.05) is 17.2 Å². The zero-order valence-electron chi connectivity index (χ0n) is 14.1. The zero-order chi connectivity index (χ0) is 20.7. The molecule has 2 aromatic carbocycles. The molecule has 2 aromatic rings. The first kappa shape index (κ1) is 20.9. The van der Waals surface area contributed by atoms with E-state index in [0.29, 0.717) is 5.69 Å². The molecule has 0 radical (unpaired) electrons. The number of urea groups is 1. The number of primary amides is 1. The molecule has 28 heavy (non-hydrogen) atoms. The molecule has 0 saturated heterocycles. The molecule has 0 aliphatic rings. The number of anilines is 2. The van der Waals surface area contributed by atoms with Crippen LogP contribution < -0.4 is 21.1 Å². The highest BCUT2D eigenvalue weighted by Gasteiger charge is 2.13. The van der Waals surface area contributed by atoms with E-state index in [1.807, 2.05) is 0 Å². The van der Waals surface area contributed by atoms with Crippen molar-refractivity contribution >= 4 is 40.9 Å². The second-order valence-corrected chi connectivity index (χ2v) is 5.62. The number of esters is 1. The Morgan fingerprint density at radius 1 is 1.04 bits per heavy atom. The van der Waals surface area contributed by atoms with Gasteiger partial charge >= 0.3 is 18.6 Å². The molecule has 0 unspecified atom stereocenters. The standard InChI is InChI=1S/C17H14ClF2N3O5/c18-12-7-11(5-6-13(12)28-16(19)20)22-14(24)8-27-15(25)9-1-3-10(4-2-9)23-17(21)26/h1-7,16H,8H2,(H,22,24)(H3,21,23,26). The number of benzene rings is 2. The van der Waals surface area contributed by atoms with Crippen molar-refractivity contribution in [3.8, 4) is 5.75 Å². The summed E-state index contributed by atoms with van der Waals surface area (Å²) in [4.78, 5) is 34.5. The molecule has 0 spiro atoms. The van der Waals surface area contributed by atoms with Crippen molar-refractivity contribution in [2.45, 2.75) is 6.61 Å². The first-order valence-electron chi connectivity index (χ1n) is 7.62. The van der Waals surface area contributed by atoms with E-state index in [0.717, 1.165) is 6.07 Å². The molecule has 3 amide bonds. The van der Waals surface area contributed by atoms with Crippen LogP contribution in [0.5, 0.6) is 5.75 Å². The van der Waals surface area contributed by atoms with Gasteiger partial charge in [-0.3, -0.25) is 4.79 Å². The van der Waals surface area contributed by atoms with Gasteiger partial charge in [0.1, 0.15) is 5.75 Å². The van der Waals surface area contributed by atoms with Crippen molar-refractivity contribution < 1.29 is 32.6 Å². The van der Waals surface area contributed by atoms with Crippen LogP contribution in [-0.2, 0) is 9.53 Å². The van der Waals surface area contributed by atoms with E-state index in [2.05, 4.69) is 15.4 Å². The smallest absolute Gasteiger partial charge is 0.387 e. The summed E-state index contributed by atoms with van der Waals surface area (Å²) in [5.74, 6) is -1.67. The topological polar surface area (TPSA) is 120 Å². The average Bonchev–Trinajstić information content (AvgIpc) is 2.62. The van der Waals surface area contributed by atoms with Crippen LogP contribution in [0.4, 0.5) is 25.0 Å². The minimum absolute atomic E-state index is 0.125. The van der Waals surface area contributed by atoms with Crippen LogP contribution >= 0.6 is 11.6 Å². The van der Waals surface area contributed by atoms with E-state index in [4.69, 9.17) is 22.1 Å². The summed E-state index contributed by atoms with van der Waals surface area (Å²) < 4.78 is 33.4. The summed E-state index contributed by atoms with van der Waals surface area (Å²) in [5, 5.41) is 4.60. The van der Waals surface area contributed by atoms with Crippen molar-refractivity contribution in [1.82, 2.24) is 0 Å². The molecule has 8 nitrogen and oxygen atoms in total. The van der Waals surface area contributed by atoms with Gasteiger partial charge in [0.2, 0.25) is 0 Å². The number of ether oxygens (including phenoxy) is 2. The molecule has 4 N–H and O–H groups in total. The van der Waals surface area contributed by atoms with E-state index < -0.39 is 31.1 Å². The van der Waals surface area contributed by atoms with Crippen molar-refractivity contribution in [1.29, 1.82) is 0 Å². The van der Waals surface area contributed by atoms with Crippen molar-refractivity contribution in [3.05, 3.63) is 53.1 Å². The number of carbonyl (C=O) groups is 3. The maximum Gasteiger partial charge on any atom is 0.387 e. The molecule has 0 bridgehead atoms. The van der Waals surface area contributed by atoms with E-state index in [1.165, 1.54) is 36.4 Å². The third-order valence-corrected chi connectivity index (χ3v) is 3.45. The first-order chi connectivity index (χ1) is 13.2. The number of nitrogens with one attached hydrogen (secondary N) is 2. The zero-order valence-corrected chi connectivity index (χ0v) is 14.8. The summed E-state index contributed by atoms with van der Waals surface area (Å²) in [6.07, 6.45) is 0. The van der Waals surface area contributed by atoms with E-state index in [9.17, 15) is 23.2 Å². The number of hydrogen-bond donors (Lipinski definition) is 3. The Morgan fingerprint density at radius 3 is 2.25 bits per heavy atom. The van der Waals surface area contributed by atoms with Crippen LogP contribution in [-0.4, -0.2) is 31.1 Å². The molecular weight excluding hydrogens is 400 g/mol. The van der Waals surface area contributed by atoms with Crippen LogP contribution in [0.1, 0.15) is 10.4 Å². The highest BCUT2D eigenvalue weighted by molar-refractivity contribution is 6.32. The minimum atomic E-state index is -3.03. The summed E-state index contributed by atoms with van der Waals surface area (Å²) in [6, 6.07) is 8.56. The van der Waals surface area contributed by atoms with Gasteiger partial charge in [-0.15, -0.1) is 0 Å². The van der Waals surface area contributed by atoms with Gasteiger partial charge in [0.25, 0.3) is 5.91 Å². The maximum absolute atomic E-state index is 12.2. The summed E-state index contributed by atoms with van der Waals surface area (Å²) in [6.45, 7) is -3.62. The Hall–Kier alpha value is -3.40. The number of nitrogens with two attached hydrogens (primary N) is 1. The SMILES string of the molecule is NC(=O)Nc1ccc(C(=O)OCC(=O)Nc2ccc(OC(F)F)c(Cl)c2)cc1. The van der Waals surface area contributed by atoms with Crippen molar-refractivity contribution in [3.63, 3.8) is 0 Å². The van der Waals surface area contributed by atoms with Gasteiger partial charge in [-0.05, 0) is 42.5 Å². The summed E-state index contributed by atoms with van der Waals surface area (Å²) in [7, 11) is 0. The molecule has 0 saturated carbocycles. The van der Waals surface area contributed by atoms with Crippen LogP contribution in [0.3, 0.4) is 0 Å². The van der Waals surface area contributed by atoms with Crippen LogP contribution in [0.15, 0.2) is 42.5 Å². The van der Waals surface area contributed by atoms with Crippen LogP contribution in [0, 0.1) is 0 Å². The molecule has 0 aliphatic heterocycles. The predicted octanol–water partition coefficient (Wildman–Crippen LogP) is 3.23. The number of halogens is 3. The van der Waals surface area contributed by atoms with Gasteiger partial charge in [0.15, 0.2) is 6.61 Å². The summed E-state index contributed by atoms with van der Waals surface area (Å²) >= 11 is 5.78. The van der Waals surface area contributed by atoms with Gasteiger partial charge in [-0.1, -0.05) is 11.6 Å². The number of hydrogen-bond acceptors (Lipinski definition) is 5. The molecule has 2 rings (SSSR count).